The molecule has 0 aromatic carbocycles. The molecular formula is C10H18N4. The Kier molecular flexibility index (Phi) is 2.84. The first-order chi connectivity index (χ1) is 6.81. The minimum absolute atomic E-state index is 0.491. The van der Waals surface area contributed by atoms with Crippen molar-refractivity contribution < 1.29 is 0 Å². The summed E-state index contributed by atoms with van der Waals surface area (Å²) < 4.78 is 1.93. The molecule has 78 valence electrons. The fourth-order valence-corrected chi connectivity index (χ4v) is 1.90. The third kappa shape index (κ3) is 2.13. The van der Waals surface area contributed by atoms with Gasteiger partial charge in [-0.1, -0.05) is 0 Å². The van der Waals surface area contributed by atoms with E-state index in [1.165, 1.54) is 18.5 Å². The van der Waals surface area contributed by atoms with Gasteiger partial charge in [-0.2, -0.15) is 5.10 Å². The van der Waals surface area contributed by atoms with Gasteiger partial charge in [-0.25, -0.2) is 0 Å². The van der Waals surface area contributed by atoms with E-state index in [0.717, 1.165) is 18.8 Å². The van der Waals surface area contributed by atoms with E-state index < -0.39 is 0 Å². The van der Waals surface area contributed by atoms with E-state index in [1.807, 2.05) is 17.9 Å². The fourth-order valence-electron chi connectivity index (χ4n) is 1.90. The van der Waals surface area contributed by atoms with Crippen molar-refractivity contribution in [3.05, 3.63) is 18.0 Å². The quantitative estimate of drug-likeness (QED) is 0.533. The van der Waals surface area contributed by atoms with Crippen LogP contribution < -0.4 is 11.3 Å². The lowest BCUT2D eigenvalue weighted by Crippen LogP contribution is -2.37. The second-order valence-corrected chi connectivity index (χ2v) is 4.10. The normalized spacial score (nSPS) is 18.4. The minimum Gasteiger partial charge on any atom is -0.273 e. The van der Waals surface area contributed by atoms with E-state index in [4.69, 9.17) is 5.84 Å². The lowest BCUT2D eigenvalue weighted by Gasteiger charge is -2.14. The van der Waals surface area contributed by atoms with Gasteiger partial charge in [0, 0.05) is 25.0 Å². The maximum Gasteiger partial charge on any atom is 0.0492 e. The van der Waals surface area contributed by atoms with Gasteiger partial charge in [-0.3, -0.25) is 16.0 Å². The highest BCUT2D eigenvalue weighted by Crippen LogP contribution is 2.34. The highest BCUT2D eigenvalue weighted by molar-refractivity contribution is 5.01. The van der Waals surface area contributed by atoms with E-state index >= 15 is 0 Å². The molecule has 0 radical (unpaired) electrons. The highest BCUT2D eigenvalue weighted by Gasteiger charge is 2.30. The lowest BCUT2D eigenvalue weighted by atomic mass is 10.1. The predicted octanol–water partition coefficient (Wildman–Crippen LogP) is 0.595. The van der Waals surface area contributed by atoms with Crippen molar-refractivity contribution in [2.75, 3.05) is 0 Å². The van der Waals surface area contributed by atoms with Gasteiger partial charge in [0.2, 0.25) is 0 Å². The zero-order valence-corrected chi connectivity index (χ0v) is 8.61. The van der Waals surface area contributed by atoms with Gasteiger partial charge in [0.25, 0.3) is 0 Å². The summed E-state index contributed by atoms with van der Waals surface area (Å²) in [5.74, 6) is 6.33. The maximum atomic E-state index is 5.52. The third-order valence-electron chi connectivity index (χ3n) is 3.04. The van der Waals surface area contributed by atoms with Crippen molar-refractivity contribution in [2.45, 2.75) is 31.7 Å². The van der Waals surface area contributed by atoms with Gasteiger partial charge in [0.15, 0.2) is 0 Å². The number of aromatic nitrogens is 2. The summed E-state index contributed by atoms with van der Waals surface area (Å²) in [6.07, 6.45) is 6.68. The Morgan fingerprint density at radius 2 is 2.50 bits per heavy atom. The summed E-state index contributed by atoms with van der Waals surface area (Å²) in [4.78, 5) is 0. The van der Waals surface area contributed by atoms with Crippen molar-refractivity contribution in [3.8, 4) is 0 Å². The molecule has 0 aliphatic heterocycles. The van der Waals surface area contributed by atoms with Crippen LogP contribution in [0.25, 0.3) is 0 Å². The summed E-state index contributed by atoms with van der Waals surface area (Å²) in [6, 6.07) is 2.56. The van der Waals surface area contributed by atoms with Gasteiger partial charge in [-0.15, -0.1) is 0 Å². The predicted molar refractivity (Wildman–Crippen MR) is 55.4 cm³/mol. The molecular weight excluding hydrogens is 176 g/mol. The van der Waals surface area contributed by atoms with Crippen LogP contribution in [0.1, 0.15) is 25.0 Å². The lowest BCUT2D eigenvalue weighted by molar-refractivity contribution is 0.441. The van der Waals surface area contributed by atoms with Gasteiger partial charge < -0.3 is 0 Å². The summed E-state index contributed by atoms with van der Waals surface area (Å²) in [5.41, 5.74) is 4.20. The molecule has 1 fully saturated rings. The Balaban J connectivity index is 1.83. The molecule has 4 heteroatoms. The first kappa shape index (κ1) is 9.68. The molecule has 1 aliphatic rings. The molecule has 1 aliphatic carbocycles. The molecule has 0 bridgehead atoms. The van der Waals surface area contributed by atoms with Gasteiger partial charge in [0.1, 0.15) is 0 Å². The Bertz CT molecular complexity index is 290. The zero-order chi connectivity index (χ0) is 9.97. The molecule has 1 aromatic rings. The first-order valence-corrected chi connectivity index (χ1v) is 5.24. The van der Waals surface area contributed by atoms with Crippen molar-refractivity contribution in [1.82, 2.24) is 15.2 Å². The maximum absolute atomic E-state index is 5.52. The van der Waals surface area contributed by atoms with Crippen LogP contribution in [0, 0.1) is 5.92 Å². The third-order valence-corrected chi connectivity index (χ3v) is 3.04. The Hall–Kier alpha value is -0.870. The number of hydrogen-bond donors (Lipinski definition) is 2. The molecule has 4 nitrogen and oxygen atoms in total. The number of hydrogen-bond acceptors (Lipinski definition) is 3. The topological polar surface area (TPSA) is 55.9 Å². The van der Waals surface area contributed by atoms with E-state index in [2.05, 4.69) is 16.6 Å². The van der Waals surface area contributed by atoms with Crippen LogP contribution >= 0.6 is 0 Å². The molecule has 1 unspecified atom stereocenters. The average Bonchev–Trinajstić information content (AvgIpc) is 2.93. The Morgan fingerprint density at radius 3 is 3.00 bits per heavy atom. The van der Waals surface area contributed by atoms with Crippen LogP contribution in [0.4, 0.5) is 0 Å². The van der Waals surface area contributed by atoms with E-state index in [0.29, 0.717) is 6.04 Å². The number of nitrogens with two attached hydrogens (primary N) is 1. The smallest absolute Gasteiger partial charge is 0.0492 e. The molecule has 14 heavy (non-hydrogen) atoms. The van der Waals surface area contributed by atoms with Gasteiger partial charge >= 0.3 is 0 Å². The van der Waals surface area contributed by atoms with Crippen LogP contribution in [0.2, 0.25) is 0 Å². The van der Waals surface area contributed by atoms with E-state index in [1.54, 1.807) is 0 Å². The second-order valence-electron chi connectivity index (χ2n) is 4.10. The average molecular weight is 194 g/mol. The fraction of sp³-hybridized carbons (Fsp3) is 0.700. The molecule has 0 amide bonds. The molecule has 2 rings (SSSR count). The highest BCUT2D eigenvalue weighted by atomic mass is 15.3. The summed E-state index contributed by atoms with van der Waals surface area (Å²) >= 11 is 0. The summed E-state index contributed by atoms with van der Waals surface area (Å²) in [7, 11) is 1.98. The van der Waals surface area contributed by atoms with Crippen LogP contribution in [0.3, 0.4) is 0 Å². The second kappa shape index (κ2) is 4.11. The standard InChI is InChI=1S/C10H18N4/c1-14-9(6-7-12-14)4-5-10(13-11)8-2-3-8/h6-8,10,13H,2-5,11H2,1H3. The zero-order valence-electron chi connectivity index (χ0n) is 8.61. The van der Waals surface area contributed by atoms with E-state index in [-0.39, 0.29) is 0 Å². The molecule has 1 heterocycles. The first-order valence-electron chi connectivity index (χ1n) is 5.24. The molecule has 1 aromatic heterocycles. The van der Waals surface area contributed by atoms with Gasteiger partial charge in [-0.05, 0) is 37.7 Å². The van der Waals surface area contributed by atoms with Crippen LogP contribution in [-0.4, -0.2) is 15.8 Å². The van der Waals surface area contributed by atoms with Crippen molar-refractivity contribution >= 4 is 0 Å². The van der Waals surface area contributed by atoms with Crippen LogP contribution in [0.5, 0.6) is 0 Å². The van der Waals surface area contributed by atoms with Gasteiger partial charge in [0.05, 0.1) is 0 Å². The molecule has 0 spiro atoms. The molecule has 1 atom stereocenters. The SMILES string of the molecule is Cn1nccc1CCC(NN)C1CC1. The Morgan fingerprint density at radius 1 is 1.71 bits per heavy atom. The molecule has 0 saturated heterocycles. The van der Waals surface area contributed by atoms with Crippen molar-refractivity contribution in [2.24, 2.45) is 18.8 Å². The number of nitrogens with one attached hydrogen (secondary N) is 1. The molecule has 3 N–H and O–H groups in total. The van der Waals surface area contributed by atoms with Crippen molar-refractivity contribution in [1.29, 1.82) is 0 Å². The minimum atomic E-state index is 0.491. The van der Waals surface area contributed by atoms with Crippen LogP contribution in [0.15, 0.2) is 12.3 Å². The van der Waals surface area contributed by atoms with Crippen LogP contribution in [-0.2, 0) is 13.5 Å². The number of hydrazine groups is 1. The Labute approximate surface area is 84.4 Å². The molecule has 1 saturated carbocycles. The monoisotopic (exact) mass is 194 g/mol. The van der Waals surface area contributed by atoms with E-state index in [9.17, 15) is 0 Å². The summed E-state index contributed by atoms with van der Waals surface area (Å²) in [6.45, 7) is 0. The van der Waals surface area contributed by atoms with Crippen molar-refractivity contribution in [3.63, 3.8) is 0 Å². The largest absolute Gasteiger partial charge is 0.273 e. The number of rotatable bonds is 5. The summed E-state index contributed by atoms with van der Waals surface area (Å²) in [5, 5.41) is 4.15. The number of aryl methyl sites for hydroxylation is 2. The number of nitrogens with zero attached hydrogens (tertiary/aromatic N) is 2.